The minimum atomic E-state index is -0.371. The second kappa shape index (κ2) is 11.7. The highest BCUT2D eigenvalue weighted by molar-refractivity contribution is 5.84. The van der Waals surface area contributed by atoms with Crippen LogP contribution < -0.4 is 4.74 Å². The Hall–Kier alpha value is -1.84. The number of carbonyl (C=O) groups is 2. The van der Waals surface area contributed by atoms with Crippen molar-refractivity contribution in [2.24, 2.45) is 11.8 Å². The molecule has 1 aromatic rings. The fourth-order valence-electron chi connectivity index (χ4n) is 3.54. The maximum atomic E-state index is 12.4. The van der Waals surface area contributed by atoms with Gasteiger partial charge < -0.3 is 9.47 Å². The average molecular weight is 433 g/mol. The molecule has 0 fully saturated rings. The Balaban J connectivity index is 2.81. The van der Waals surface area contributed by atoms with E-state index in [2.05, 4.69) is 59.7 Å². The Morgan fingerprint density at radius 3 is 2.13 bits per heavy atom. The number of hydrogen-bond donors (Lipinski definition) is 0. The molecule has 0 aliphatic rings. The maximum absolute atomic E-state index is 12.4. The molecule has 4 nitrogen and oxygen atoms in total. The topological polar surface area (TPSA) is 52.6 Å². The van der Waals surface area contributed by atoms with Crippen LogP contribution >= 0.6 is 0 Å². The van der Waals surface area contributed by atoms with Crippen molar-refractivity contribution in [3.63, 3.8) is 0 Å². The van der Waals surface area contributed by atoms with E-state index in [1.807, 2.05) is 13.8 Å². The van der Waals surface area contributed by atoms with Crippen LogP contribution in [-0.4, -0.2) is 25.5 Å². The van der Waals surface area contributed by atoms with Crippen LogP contribution in [0.25, 0.3) is 0 Å². The molecule has 176 valence electrons. The van der Waals surface area contributed by atoms with Gasteiger partial charge in [0.2, 0.25) is 0 Å². The lowest BCUT2D eigenvalue weighted by atomic mass is 9.76. The Bertz CT molecular complexity index is 731. The summed E-state index contributed by atoms with van der Waals surface area (Å²) in [4.78, 5) is 24.3. The van der Waals surface area contributed by atoms with E-state index < -0.39 is 0 Å². The highest BCUT2D eigenvalue weighted by atomic mass is 16.5. The quantitative estimate of drug-likeness (QED) is 0.259. The predicted molar refractivity (Wildman–Crippen MR) is 128 cm³/mol. The van der Waals surface area contributed by atoms with Crippen LogP contribution in [0, 0.1) is 11.8 Å². The van der Waals surface area contributed by atoms with Crippen LogP contribution in [-0.2, 0) is 25.2 Å². The minimum absolute atomic E-state index is 0.00990. The lowest BCUT2D eigenvalue weighted by molar-refractivity contribution is -0.148. The first kappa shape index (κ1) is 27.2. The number of Topliss-reactive ketones (excluding diaryl/α,β-unsaturated/α-hetero) is 1. The lowest BCUT2D eigenvalue weighted by Crippen LogP contribution is -2.24. The first-order valence-corrected chi connectivity index (χ1v) is 11.8. The molecule has 1 atom stereocenters. The van der Waals surface area contributed by atoms with Crippen LogP contribution in [0.3, 0.4) is 0 Å². The van der Waals surface area contributed by atoms with Gasteiger partial charge in [-0.2, -0.15) is 0 Å². The Morgan fingerprint density at radius 2 is 1.61 bits per heavy atom. The van der Waals surface area contributed by atoms with Crippen molar-refractivity contribution in [2.75, 3.05) is 13.7 Å². The van der Waals surface area contributed by atoms with Gasteiger partial charge in [0.25, 0.3) is 0 Å². The van der Waals surface area contributed by atoms with E-state index in [0.717, 1.165) is 18.6 Å². The van der Waals surface area contributed by atoms with Crippen molar-refractivity contribution in [3.05, 3.63) is 29.3 Å². The number of carbonyl (C=O) groups excluding carboxylic acids is 2. The van der Waals surface area contributed by atoms with Gasteiger partial charge in [0.15, 0.2) is 0 Å². The fourth-order valence-corrected chi connectivity index (χ4v) is 3.54. The van der Waals surface area contributed by atoms with E-state index in [0.29, 0.717) is 19.4 Å². The van der Waals surface area contributed by atoms with Crippen LogP contribution in [0.4, 0.5) is 0 Å². The number of methoxy groups -OCH3 is 1. The zero-order valence-electron chi connectivity index (χ0n) is 21.3. The van der Waals surface area contributed by atoms with Gasteiger partial charge in [-0.05, 0) is 47.6 Å². The van der Waals surface area contributed by atoms with Gasteiger partial charge >= 0.3 is 5.97 Å². The molecule has 0 aliphatic heterocycles. The molecule has 0 spiro atoms. The molecule has 0 radical (unpaired) electrons. The molecule has 0 aliphatic carbocycles. The van der Waals surface area contributed by atoms with E-state index in [9.17, 15) is 9.59 Å². The second-order valence-electron chi connectivity index (χ2n) is 10.3. The number of rotatable bonds is 13. The van der Waals surface area contributed by atoms with Gasteiger partial charge in [-0.25, -0.2) is 0 Å². The van der Waals surface area contributed by atoms with Crippen LogP contribution in [0.5, 0.6) is 5.75 Å². The van der Waals surface area contributed by atoms with Gasteiger partial charge in [0.05, 0.1) is 19.6 Å². The number of hydrogen-bond acceptors (Lipinski definition) is 4. The molecule has 4 heteroatoms. The molecule has 1 aromatic carbocycles. The summed E-state index contributed by atoms with van der Waals surface area (Å²) in [6.45, 7) is 17.8. The Kier molecular flexibility index (Phi) is 10.3. The number of ketones is 1. The van der Waals surface area contributed by atoms with E-state index in [1.165, 1.54) is 18.2 Å². The third-order valence-electron chi connectivity index (χ3n) is 6.87. The van der Waals surface area contributed by atoms with Crippen molar-refractivity contribution < 1.29 is 19.1 Å². The van der Waals surface area contributed by atoms with Crippen molar-refractivity contribution in [3.8, 4) is 5.75 Å². The average Bonchev–Trinajstić information content (AvgIpc) is 2.74. The number of benzene rings is 1. The third kappa shape index (κ3) is 7.66. The standard InChI is InChI=1S/C27H44O4/c1-10-26(5,6)20-14-15-24(23(17-20)27(7,8)11-2)31-16-12-13-21(28)18-22(19(3)4)25(29)30-9/h14-15,17,19,22H,10-13,16,18H2,1-9H3. The fraction of sp³-hybridized carbons (Fsp3) is 0.704. The summed E-state index contributed by atoms with van der Waals surface area (Å²) in [6, 6.07) is 6.56. The zero-order valence-corrected chi connectivity index (χ0v) is 21.3. The van der Waals surface area contributed by atoms with E-state index in [1.54, 1.807) is 0 Å². The van der Waals surface area contributed by atoms with Crippen LogP contribution in [0.2, 0.25) is 0 Å². The predicted octanol–water partition coefficient (Wildman–Crippen LogP) is 6.63. The van der Waals surface area contributed by atoms with Crippen molar-refractivity contribution in [1.82, 2.24) is 0 Å². The largest absolute Gasteiger partial charge is 0.493 e. The molecule has 1 unspecified atom stereocenters. The smallest absolute Gasteiger partial charge is 0.309 e. The molecule has 0 N–H and O–H groups in total. The summed E-state index contributed by atoms with van der Waals surface area (Å²) in [5, 5.41) is 0. The summed E-state index contributed by atoms with van der Waals surface area (Å²) in [5.74, 6) is 0.398. The second-order valence-corrected chi connectivity index (χ2v) is 10.3. The zero-order chi connectivity index (χ0) is 23.8. The molecule has 0 saturated heterocycles. The highest BCUT2D eigenvalue weighted by Crippen LogP contribution is 2.38. The molecule has 0 saturated carbocycles. The van der Waals surface area contributed by atoms with E-state index in [-0.39, 0.29) is 40.8 Å². The monoisotopic (exact) mass is 432 g/mol. The summed E-state index contributed by atoms with van der Waals surface area (Å²) in [6.07, 6.45) is 3.37. The lowest BCUT2D eigenvalue weighted by Gasteiger charge is -2.30. The van der Waals surface area contributed by atoms with E-state index in [4.69, 9.17) is 9.47 Å². The van der Waals surface area contributed by atoms with Crippen LogP contribution in [0.15, 0.2) is 18.2 Å². The Labute approximate surface area is 190 Å². The summed E-state index contributed by atoms with van der Waals surface area (Å²) in [5.41, 5.74) is 2.69. The van der Waals surface area contributed by atoms with Gasteiger partial charge in [-0.3, -0.25) is 9.59 Å². The summed E-state index contributed by atoms with van der Waals surface area (Å²) in [7, 11) is 1.37. The number of ether oxygens (including phenoxy) is 2. The van der Waals surface area contributed by atoms with Gasteiger partial charge in [0.1, 0.15) is 11.5 Å². The van der Waals surface area contributed by atoms with Crippen molar-refractivity contribution >= 4 is 11.8 Å². The first-order chi connectivity index (χ1) is 14.4. The summed E-state index contributed by atoms with van der Waals surface area (Å²) >= 11 is 0. The molecule has 0 aromatic heterocycles. The molecule has 0 heterocycles. The van der Waals surface area contributed by atoms with Gasteiger partial charge in [-0.15, -0.1) is 0 Å². The van der Waals surface area contributed by atoms with Gasteiger partial charge in [-0.1, -0.05) is 67.5 Å². The maximum Gasteiger partial charge on any atom is 0.309 e. The van der Waals surface area contributed by atoms with Crippen LogP contribution in [0.1, 0.15) is 98.6 Å². The molecule has 0 bridgehead atoms. The Morgan fingerprint density at radius 1 is 1.00 bits per heavy atom. The molecule has 31 heavy (non-hydrogen) atoms. The molecule has 1 rings (SSSR count). The summed E-state index contributed by atoms with van der Waals surface area (Å²) < 4.78 is 11.0. The highest BCUT2D eigenvalue weighted by Gasteiger charge is 2.27. The first-order valence-electron chi connectivity index (χ1n) is 11.8. The molecular formula is C27H44O4. The van der Waals surface area contributed by atoms with Crippen molar-refractivity contribution in [1.29, 1.82) is 0 Å². The SMILES string of the molecule is CCC(C)(C)c1ccc(OCCCC(=O)CC(C(=O)OC)C(C)C)c(C(C)(C)CC)c1. The van der Waals surface area contributed by atoms with Gasteiger partial charge in [0, 0.05) is 18.4 Å². The molecular weight excluding hydrogens is 388 g/mol. The normalized spacial score (nSPS) is 13.2. The van der Waals surface area contributed by atoms with Crippen molar-refractivity contribution in [2.45, 2.75) is 98.3 Å². The van der Waals surface area contributed by atoms with E-state index >= 15 is 0 Å². The molecule has 0 amide bonds. The third-order valence-corrected chi connectivity index (χ3v) is 6.87. The number of esters is 1. The minimum Gasteiger partial charge on any atom is -0.493 e.